The molecule has 2 heterocycles. The van der Waals surface area contributed by atoms with Gasteiger partial charge >= 0.3 is 0 Å². The van der Waals surface area contributed by atoms with Gasteiger partial charge in [-0.25, -0.2) is 9.38 Å². The van der Waals surface area contributed by atoms with E-state index < -0.39 is 5.82 Å². The second-order valence-electron chi connectivity index (χ2n) is 9.12. The molecule has 3 aliphatic rings. The van der Waals surface area contributed by atoms with Crippen LogP contribution in [0, 0.1) is 29.0 Å². The topological polar surface area (TPSA) is 65.7 Å². The van der Waals surface area contributed by atoms with E-state index in [1.54, 1.807) is 13.2 Å². The molecule has 34 heavy (non-hydrogen) atoms. The monoisotopic (exact) mass is 455 g/mol. The summed E-state index contributed by atoms with van der Waals surface area (Å²) in [5, 5.41) is 9.16. The standard InChI is InChI=1S/C28H26FN3O2/c1-3-17-12-13-32(16-17)28(33)27-25(18-4-5-18)24(19-8-10-22(34-2)11-9-19)26(31-27)20-6-7-21(15-30)23(29)14-20/h3,6-11,14,17-18,24H,1,4-5,12-13,16H2,2H3/t17-,24?/m0/s1. The molecule has 6 heteroatoms. The molecule has 1 amide bonds. The highest BCUT2D eigenvalue weighted by molar-refractivity contribution is 6.14. The van der Waals surface area contributed by atoms with Gasteiger partial charge in [0.15, 0.2) is 0 Å². The maximum absolute atomic E-state index is 14.6. The molecule has 2 aromatic rings. The van der Waals surface area contributed by atoms with Crippen molar-refractivity contribution in [2.24, 2.45) is 16.8 Å². The van der Waals surface area contributed by atoms with Gasteiger partial charge in [0.1, 0.15) is 23.3 Å². The second-order valence-corrected chi connectivity index (χ2v) is 9.12. The van der Waals surface area contributed by atoms with Gasteiger partial charge in [0.2, 0.25) is 0 Å². The van der Waals surface area contributed by atoms with Crippen LogP contribution in [-0.2, 0) is 4.79 Å². The molecule has 0 radical (unpaired) electrons. The summed E-state index contributed by atoms with van der Waals surface area (Å²) in [5.74, 6) is 0.427. The summed E-state index contributed by atoms with van der Waals surface area (Å²) < 4.78 is 19.9. The van der Waals surface area contributed by atoms with Gasteiger partial charge < -0.3 is 9.64 Å². The fourth-order valence-corrected chi connectivity index (χ4v) is 4.97. The maximum Gasteiger partial charge on any atom is 0.272 e. The molecule has 172 valence electrons. The highest BCUT2D eigenvalue weighted by Crippen LogP contribution is 2.50. The molecule has 1 aliphatic carbocycles. The molecule has 2 aromatic carbocycles. The molecule has 5 nitrogen and oxygen atoms in total. The van der Waals surface area contributed by atoms with Crippen LogP contribution in [-0.4, -0.2) is 36.7 Å². The van der Waals surface area contributed by atoms with Gasteiger partial charge in [-0.3, -0.25) is 4.79 Å². The zero-order valence-corrected chi connectivity index (χ0v) is 19.1. The van der Waals surface area contributed by atoms with Crippen molar-refractivity contribution in [3.8, 4) is 11.8 Å². The van der Waals surface area contributed by atoms with Crippen LogP contribution >= 0.6 is 0 Å². The average Bonchev–Trinajstić information content (AvgIpc) is 3.45. The number of amides is 1. The zero-order chi connectivity index (χ0) is 23.8. The van der Waals surface area contributed by atoms with Crippen LogP contribution in [0.4, 0.5) is 4.39 Å². The fraction of sp³-hybridized carbons (Fsp3) is 0.321. The van der Waals surface area contributed by atoms with E-state index in [0.717, 1.165) is 36.1 Å². The maximum atomic E-state index is 14.6. The van der Waals surface area contributed by atoms with Crippen LogP contribution in [0.3, 0.4) is 0 Å². The Bertz CT molecular complexity index is 1250. The number of ether oxygens (including phenoxy) is 1. The number of carbonyl (C=O) groups excluding carboxylic acids is 1. The Labute approximate surface area is 198 Å². The number of hydrogen-bond donors (Lipinski definition) is 0. The minimum absolute atomic E-state index is 0.0115. The number of nitriles is 1. The van der Waals surface area contributed by atoms with Gasteiger partial charge in [-0.15, -0.1) is 6.58 Å². The number of rotatable bonds is 6. The summed E-state index contributed by atoms with van der Waals surface area (Å²) in [5.41, 5.74) is 3.73. The molecule has 2 fully saturated rings. The first-order valence-electron chi connectivity index (χ1n) is 11.6. The van der Waals surface area contributed by atoms with E-state index in [2.05, 4.69) is 6.58 Å². The van der Waals surface area contributed by atoms with Gasteiger partial charge in [-0.2, -0.15) is 5.26 Å². The smallest absolute Gasteiger partial charge is 0.272 e. The van der Waals surface area contributed by atoms with Crippen LogP contribution in [0.5, 0.6) is 5.75 Å². The highest BCUT2D eigenvalue weighted by Gasteiger charge is 2.43. The lowest BCUT2D eigenvalue weighted by molar-refractivity contribution is -0.126. The second kappa shape index (κ2) is 8.90. The molecule has 1 saturated heterocycles. The van der Waals surface area contributed by atoms with E-state index in [0.29, 0.717) is 36.0 Å². The number of aliphatic imine (C=N–C) groups is 1. The van der Waals surface area contributed by atoms with Crippen molar-refractivity contribution < 1.29 is 13.9 Å². The number of likely N-dealkylation sites (tertiary alicyclic amines) is 1. The number of allylic oxidation sites excluding steroid dienone is 1. The van der Waals surface area contributed by atoms with E-state index in [4.69, 9.17) is 15.0 Å². The lowest BCUT2D eigenvalue weighted by Gasteiger charge is -2.20. The van der Waals surface area contributed by atoms with Crippen LogP contribution in [0.1, 0.15) is 41.9 Å². The summed E-state index contributed by atoms with van der Waals surface area (Å²) in [4.78, 5) is 20.4. The van der Waals surface area contributed by atoms with Crippen molar-refractivity contribution in [3.63, 3.8) is 0 Å². The first kappa shape index (κ1) is 22.1. The fourth-order valence-electron chi connectivity index (χ4n) is 4.97. The minimum Gasteiger partial charge on any atom is -0.497 e. The number of halogens is 1. The quantitative estimate of drug-likeness (QED) is 0.577. The Morgan fingerprint density at radius 3 is 2.59 bits per heavy atom. The number of nitrogens with zero attached hydrogens (tertiary/aromatic N) is 3. The third kappa shape index (κ3) is 3.92. The first-order chi connectivity index (χ1) is 16.5. The molecule has 5 rings (SSSR count). The number of methoxy groups -OCH3 is 1. The predicted molar refractivity (Wildman–Crippen MR) is 128 cm³/mol. The van der Waals surface area contributed by atoms with Crippen molar-refractivity contribution in [3.05, 3.63) is 88.9 Å². The predicted octanol–water partition coefficient (Wildman–Crippen LogP) is 4.99. The molecule has 0 aromatic heterocycles. The molecule has 0 spiro atoms. The highest BCUT2D eigenvalue weighted by atomic mass is 19.1. The normalized spacial score (nSPS) is 21.9. The molecule has 2 atom stereocenters. The minimum atomic E-state index is -0.586. The van der Waals surface area contributed by atoms with E-state index in [1.807, 2.05) is 41.3 Å². The third-order valence-corrected chi connectivity index (χ3v) is 6.99. The van der Waals surface area contributed by atoms with E-state index in [1.165, 1.54) is 12.1 Å². The van der Waals surface area contributed by atoms with Crippen molar-refractivity contribution in [1.29, 1.82) is 5.26 Å². The molecule has 1 unspecified atom stereocenters. The van der Waals surface area contributed by atoms with E-state index >= 15 is 0 Å². The van der Waals surface area contributed by atoms with Gasteiger partial charge in [-0.05, 0) is 72.1 Å². The number of carbonyl (C=O) groups is 1. The van der Waals surface area contributed by atoms with E-state index in [9.17, 15) is 9.18 Å². The number of hydrogen-bond acceptors (Lipinski definition) is 4. The summed E-state index contributed by atoms with van der Waals surface area (Å²) in [6, 6.07) is 14.2. The SMILES string of the molecule is C=C[C@H]1CCN(C(=O)C2=C(C3CC3)C(c3ccc(OC)cc3)C(c3ccc(C#N)c(F)c3)=N2)C1. The molecule has 1 saturated carbocycles. The van der Waals surface area contributed by atoms with E-state index in [-0.39, 0.29) is 23.3 Å². The Balaban J connectivity index is 1.62. The van der Waals surface area contributed by atoms with Crippen LogP contribution in [0.25, 0.3) is 0 Å². The molecular weight excluding hydrogens is 429 g/mol. The van der Waals surface area contributed by atoms with Crippen molar-refractivity contribution in [2.75, 3.05) is 20.2 Å². The average molecular weight is 456 g/mol. The van der Waals surface area contributed by atoms with Crippen molar-refractivity contribution >= 4 is 11.6 Å². The first-order valence-corrected chi connectivity index (χ1v) is 11.6. The molecule has 0 N–H and O–H groups in total. The molecule has 0 bridgehead atoms. The van der Waals surface area contributed by atoms with Crippen LogP contribution in [0.15, 0.2) is 71.4 Å². The van der Waals surface area contributed by atoms with Crippen molar-refractivity contribution in [2.45, 2.75) is 25.2 Å². The lowest BCUT2D eigenvalue weighted by Crippen LogP contribution is -2.30. The largest absolute Gasteiger partial charge is 0.497 e. The summed E-state index contributed by atoms with van der Waals surface area (Å²) in [7, 11) is 1.62. The van der Waals surface area contributed by atoms with Crippen LogP contribution < -0.4 is 4.74 Å². The van der Waals surface area contributed by atoms with Crippen LogP contribution in [0.2, 0.25) is 0 Å². The van der Waals surface area contributed by atoms with Gasteiger partial charge in [0.25, 0.3) is 5.91 Å². The Morgan fingerprint density at radius 1 is 1.24 bits per heavy atom. The zero-order valence-electron chi connectivity index (χ0n) is 19.1. The summed E-state index contributed by atoms with van der Waals surface area (Å²) in [6.07, 6.45) is 4.84. The Kier molecular flexibility index (Phi) is 5.79. The molecular formula is C28H26FN3O2. The summed E-state index contributed by atoms with van der Waals surface area (Å²) >= 11 is 0. The molecule has 2 aliphatic heterocycles. The Hall–Kier alpha value is -3.72. The number of benzene rings is 2. The lowest BCUT2D eigenvalue weighted by atomic mass is 9.82. The third-order valence-electron chi connectivity index (χ3n) is 6.99. The Morgan fingerprint density at radius 2 is 2.00 bits per heavy atom. The van der Waals surface area contributed by atoms with Gasteiger partial charge in [0.05, 0.1) is 24.3 Å². The van der Waals surface area contributed by atoms with Gasteiger partial charge in [0, 0.05) is 13.1 Å². The van der Waals surface area contributed by atoms with Crippen molar-refractivity contribution in [1.82, 2.24) is 4.90 Å². The van der Waals surface area contributed by atoms with Gasteiger partial charge in [-0.1, -0.05) is 24.3 Å². The summed E-state index contributed by atoms with van der Waals surface area (Å²) in [6.45, 7) is 5.21.